The van der Waals surface area contributed by atoms with Crippen LogP contribution in [0.2, 0.25) is 0 Å². The van der Waals surface area contributed by atoms with Crippen molar-refractivity contribution in [3.8, 4) is 6.07 Å². The van der Waals surface area contributed by atoms with Gasteiger partial charge in [0.1, 0.15) is 6.54 Å². The summed E-state index contributed by atoms with van der Waals surface area (Å²) in [6.07, 6.45) is -4.63. The van der Waals surface area contributed by atoms with Gasteiger partial charge < -0.3 is 9.88 Å². The summed E-state index contributed by atoms with van der Waals surface area (Å²) in [6.45, 7) is 3.78. The number of halogens is 3. The van der Waals surface area contributed by atoms with Gasteiger partial charge in [-0.25, -0.2) is 0 Å². The smallest absolute Gasteiger partial charge is 0.355 e. The van der Waals surface area contributed by atoms with Gasteiger partial charge in [0.05, 0.1) is 17.2 Å². The lowest BCUT2D eigenvalue weighted by molar-refractivity contribution is -0.136. The summed E-state index contributed by atoms with van der Waals surface area (Å²) < 4.78 is 41.3. The van der Waals surface area contributed by atoms with Crippen molar-refractivity contribution in [1.82, 2.24) is 9.88 Å². The summed E-state index contributed by atoms with van der Waals surface area (Å²) in [7, 11) is 0. The van der Waals surface area contributed by atoms with Crippen LogP contribution in [0, 0.1) is 18.3 Å². The first-order valence-corrected chi connectivity index (χ1v) is 6.66. The molecule has 0 saturated carbocycles. The minimum absolute atomic E-state index is 0.0617. The number of benzene rings is 1. The van der Waals surface area contributed by atoms with Gasteiger partial charge in [-0.1, -0.05) is 0 Å². The topological polar surface area (TPSA) is 57.8 Å². The molecule has 1 heterocycles. The number of carbonyl (C=O) groups excluding carboxylic acids is 1. The third-order valence-corrected chi connectivity index (χ3v) is 3.37. The molecular formula is C15H14F3N3O. The van der Waals surface area contributed by atoms with Crippen molar-refractivity contribution >= 4 is 16.8 Å². The highest BCUT2D eigenvalue weighted by molar-refractivity contribution is 5.89. The van der Waals surface area contributed by atoms with Crippen molar-refractivity contribution in [3.05, 3.63) is 35.0 Å². The van der Waals surface area contributed by atoms with E-state index < -0.39 is 17.3 Å². The van der Waals surface area contributed by atoms with E-state index in [1.807, 2.05) is 0 Å². The zero-order valence-electron chi connectivity index (χ0n) is 12.1. The van der Waals surface area contributed by atoms with Gasteiger partial charge in [-0.3, -0.25) is 4.79 Å². The molecule has 7 heteroatoms. The van der Waals surface area contributed by atoms with Crippen LogP contribution in [-0.2, 0) is 17.5 Å². The highest BCUT2D eigenvalue weighted by Crippen LogP contribution is 2.38. The zero-order valence-corrected chi connectivity index (χ0v) is 12.1. The molecule has 2 rings (SSSR count). The lowest BCUT2D eigenvalue weighted by Gasteiger charge is -2.12. The molecule has 1 N–H and O–H groups in total. The Morgan fingerprint density at radius 2 is 2.09 bits per heavy atom. The number of alkyl halides is 3. The number of aryl methyl sites for hydroxylation is 1. The molecule has 0 spiro atoms. The van der Waals surface area contributed by atoms with Crippen LogP contribution in [0.4, 0.5) is 13.2 Å². The van der Waals surface area contributed by atoms with Crippen molar-refractivity contribution in [2.24, 2.45) is 0 Å². The first-order chi connectivity index (χ1) is 10.3. The molecule has 0 aliphatic rings. The Balaban J connectivity index is 2.66. The number of amides is 1. The van der Waals surface area contributed by atoms with Crippen molar-refractivity contribution in [2.75, 3.05) is 6.54 Å². The molecule has 1 aromatic heterocycles. The summed E-state index contributed by atoms with van der Waals surface area (Å²) >= 11 is 0. The van der Waals surface area contributed by atoms with Gasteiger partial charge >= 0.3 is 6.18 Å². The molecule has 0 unspecified atom stereocenters. The second kappa shape index (κ2) is 5.72. The van der Waals surface area contributed by atoms with E-state index in [1.165, 1.54) is 16.7 Å². The van der Waals surface area contributed by atoms with Crippen molar-refractivity contribution in [2.45, 2.75) is 26.6 Å². The van der Waals surface area contributed by atoms with Gasteiger partial charge in [-0.2, -0.15) is 18.4 Å². The van der Waals surface area contributed by atoms with E-state index in [2.05, 4.69) is 5.32 Å². The van der Waals surface area contributed by atoms with Gasteiger partial charge in [0, 0.05) is 23.1 Å². The van der Waals surface area contributed by atoms with Crippen LogP contribution in [0.3, 0.4) is 0 Å². The van der Waals surface area contributed by atoms with Gasteiger partial charge in [0.25, 0.3) is 0 Å². The average molecular weight is 309 g/mol. The SMILES string of the molecule is CCNC(=O)Cn1c(C)cc2c(C(F)(F)F)c(C#N)ccc21. The van der Waals surface area contributed by atoms with Crippen LogP contribution in [0.15, 0.2) is 18.2 Å². The number of hydrogen-bond acceptors (Lipinski definition) is 2. The molecule has 2 aromatic rings. The Morgan fingerprint density at radius 3 is 2.64 bits per heavy atom. The van der Waals surface area contributed by atoms with Crippen LogP contribution in [-0.4, -0.2) is 17.0 Å². The summed E-state index contributed by atoms with van der Waals surface area (Å²) in [5.74, 6) is -0.277. The number of fused-ring (bicyclic) bond motifs is 1. The molecule has 0 atom stereocenters. The van der Waals surface area contributed by atoms with Crippen LogP contribution < -0.4 is 5.32 Å². The molecule has 116 valence electrons. The zero-order chi connectivity index (χ0) is 16.5. The molecule has 0 radical (unpaired) electrons. The normalized spacial score (nSPS) is 11.5. The predicted molar refractivity (Wildman–Crippen MR) is 75.1 cm³/mol. The Labute approximate surface area is 125 Å². The maximum absolute atomic E-state index is 13.2. The van der Waals surface area contributed by atoms with E-state index in [1.54, 1.807) is 19.9 Å². The van der Waals surface area contributed by atoms with Crippen LogP contribution in [0.25, 0.3) is 10.9 Å². The molecular weight excluding hydrogens is 295 g/mol. The Hall–Kier alpha value is -2.49. The lowest BCUT2D eigenvalue weighted by Crippen LogP contribution is -2.27. The van der Waals surface area contributed by atoms with E-state index >= 15 is 0 Å². The fourth-order valence-electron chi connectivity index (χ4n) is 2.47. The minimum atomic E-state index is -4.63. The van der Waals surface area contributed by atoms with E-state index in [0.717, 1.165) is 6.07 Å². The maximum Gasteiger partial charge on any atom is 0.418 e. The number of nitrogens with one attached hydrogen (secondary N) is 1. The second-order valence-corrected chi connectivity index (χ2v) is 4.86. The van der Waals surface area contributed by atoms with Crippen molar-refractivity contribution in [1.29, 1.82) is 5.26 Å². The molecule has 0 aliphatic carbocycles. The van der Waals surface area contributed by atoms with Gasteiger partial charge in [0.15, 0.2) is 0 Å². The molecule has 0 saturated heterocycles. The number of nitrogens with zero attached hydrogens (tertiary/aromatic N) is 2. The predicted octanol–water partition coefficient (Wildman–Crippen LogP) is 2.98. The van der Waals surface area contributed by atoms with Gasteiger partial charge in [-0.15, -0.1) is 0 Å². The van der Waals surface area contributed by atoms with Crippen LogP contribution in [0.5, 0.6) is 0 Å². The monoisotopic (exact) mass is 309 g/mol. The second-order valence-electron chi connectivity index (χ2n) is 4.86. The minimum Gasteiger partial charge on any atom is -0.355 e. The molecule has 22 heavy (non-hydrogen) atoms. The highest BCUT2D eigenvalue weighted by Gasteiger charge is 2.36. The number of aromatic nitrogens is 1. The maximum atomic E-state index is 13.2. The van der Waals surface area contributed by atoms with Crippen molar-refractivity contribution in [3.63, 3.8) is 0 Å². The fourth-order valence-corrected chi connectivity index (χ4v) is 2.47. The molecule has 1 amide bonds. The lowest BCUT2D eigenvalue weighted by atomic mass is 10.0. The molecule has 4 nitrogen and oxygen atoms in total. The summed E-state index contributed by atoms with van der Waals surface area (Å²) in [5, 5.41) is 11.5. The summed E-state index contributed by atoms with van der Waals surface area (Å²) in [6, 6.07) is 5.51. The standard InChI is InChI=1S/C15H14F3N3O/c1-3-20-13(22)8-21-9(2)6-11-12(21)5-4-10(7-19)14(11)15(16,17)18/h4-6H,3,8H2,1-2H3,(H,20,22). The number of likely N-dealkylation sites (N-methyl/N-ethyl adjacent to an activating group) is 1. The Kier molecular flexibility index (Phi) is 4.13. The quantitative estimate of drug-likeness (QED) is 0.947. The average Bonchev–Trinajstić information content (AvgIpc) is 2.73. The summed E-state index contributed by atoms with van der Waals surface area (Å²) in [5.41, 5.74) is -0.558. The van der Waals surface area contributed by atoms with Crippen LogP contribution >= 0.6 is 0 Å². The van der Waals surface area contributed by atoms with Gasteiger partial charge in [-0.05, 0) is 32.0 Å². The van der Waals surface area contributed by atoms with Crippen LogP contribution in [0.1, 0.15) is 23.7 Å². The highest BCUT2D eigenvalue weighted by atomic mass is 19.4. The first kappa shape index (κ1) is 15.9. The first-order valence-electron chi connectivity index (χ1n) is 6.66. The molecule has 0 fully saturated rings. The summed E-state index contributed by atoms with van der Waals surface area (Å²) in [4.78, 5) is 11.7. The fraction of sp³-hybridized carbons (Fsp3) is 0.333. The van der Waals surface area contributed by atoms with E-state index in [0.29, 0.717) is 12.2 Å². The van der Waals surface area contributed by atoms with Crippen molar-refractivity contribution < 1.29 is 18.0 Å². The third-order valence-electron chi connectivity index (χ3n) is 3.37. The van der Waals surface area contributed by atoms with E-state index in [9.17, 15) is 18.0 Å². The van der Waals surface area contributed by atoms with E-state index in [-0.39, 0.29) is 23.4 Å². The number of nitriles is 1. The Bertz CT molecular complexity index is 769. The molecule has 0 bridgehead atoms. The molecule has 0 aliphatic heterocycles. The number of rotatable bonds is 3. The Morgan fingerprint density at radius 1 is 1.41 bits per heavy atom. The number of carbonyl (C=O) groups is 1. The number of hydrogen-bond donors (Lipinski definition) is 1. The molecule has 1 aromatic carbocycles. The van der Waals surface area contributed by atoms with E-state index in [4.69, 9.17) is 5.26 Å². The third kappa shape index (κ3) is 2.77. The van der Waals surface area contributed by atoms with Gasteiger partial charge in [0.2, 0.25) is 5.91 Å². The largest absolute Gasteiger partial charge is 0.418 e.